The smallest absolute Gasteiger partial charge is 0.325 e. The van der Waals surface area contributed by atoms with Gasteiger partial charge in [0.2, 0.25) is 0 Å². The van der Waals surface area contributed by atoms with Gasteiger partial charge in [-0.3, -0.25) is 4.90 Å². The molecule has 0 spiro atoms. The van der Waals surface area contributed by atoms with Crippen molar-refractivity contribution in [3.05, 3.63) is 11.8 Å². The van der Waals surface area contributed by atoms with Crippen LogP contribution in [0.1, 0.15) is 19.8 Å². The molecule has 0 bridgehead atoms. The van der Waals surface area contributed by atoms with Gasteiger partial charge in [0.05, 0.1) is 12.7 Å². The van der Waals surface area contributed by atoms with Gasteiger partial charge in [0, 0.05) is 6.20 Å². The number of ether oxygens (including phenoxy) is 1. The van der Waals surface area contributed by atoms with Gasteiger partial charge in [-0.15, -0.1) is 0 Å². The molecule has 2 heterocycles. The molecule has 102 valence electrons. The summed E-state index contributed by atoms with van der Waals surface area (Å²) in [5.74, 6) is 0. The number of nitrogens with two attached hydrogens (primary N) is 1. The molecule has 2 aliphatic rings. The Balaban J connectivity index is 1.94. The van der Waals surface area contributed by atoms with Crippen molar-refractivity contribution >= 4 is 15.1 Å². The summed E-state index contributed by atoms with van der Waals surface area (Å²) in [6.45, 7) is 2.21. The summed E-state index contributed by atoms with van der Waals surface area (Å²) in [6, 6.07) is -0.247. The lowest BCUT2D eigenvalue weighted by Crippen LogP contribution is -2.54. The summed E-state index contributed by atoms with van der Waals surface area (Å²) >= 11 is 0. The zero-order chi connectivity index (χ0) is 13.1. The lowest BCUT2D eigenvalue weighted by Gasteiger charge is -2.32. The molecule has 0 radical (unpaired) electrons. The minimum atomic E-state index is -0.531. The largest absolute Gasteiger partial charge is 0.352 e. The second-order valence-corrected chi connectivity index (χ2v) is 4.87. The van der Waals surface area contributed by atoms with E-state index in [1.54, 1.807) is 6.20 Å². The zero-order valence-electron chi connectivity index (χ0n) is 10.1. The van der Waals surface area contributed by atoms with Gasteiger partial charge >= 0.3 is 6.03 Å². The van der Waals surface area contributed by atoms with E-state index >= 15 is 0 Å². The standard InChI is InChI=1S/C10H18N3O4P/c1-6-4-13(10(14)12-9(6)11)8-3-2-7(17-8)5-16-18-15/h4,7-9,15,18H,2-3,5,11H2,1H3,(H,12,14)/t7-,8+,9?/m0/s1. The van der Waals surface area contributed by atoms with Gasteiger partial charge in [-0.05, 0) is 25.3 Å². The molecule has 2 rings (SSSR count). The second-order valence-electron chi connectivity index (χ2n) is 4.40. The highest BCUT2D eigenvalue weighted by molar-refractivity contribution is 7.24. The van der Waals surface area contributed by atoms with E-state index in [1.165, 1.54) is 4.90 Å². The van der Waals surface area contributed by atoms with E-state index < -0.39 is 15.2 Å². The molecule has 0 aromatic heterocycles. The van der Waals surface area contributed by atoms with Crippen LogP contribution in [0.25, 0.3) is 0 Å². The fourth-order valence-corrected chi connectivity index (χ4v) is 2.30. The zero-order valence-corrected chi connectivity index (χ0v) is 11.1. The van der Waals surface area contributed by atoms with Crippen molar-refractivity contribution in [3.8, 4) is 0 Å². The highest BCUT2D eigenvalue weighted by Crippen LogP contribution is 2.26. The van der Waals surface area contributed by atoms with E-state index in [0.29, 0.717) is 6.61 Å². The molecule has 0 aliphatic carbocycles. The van der Waals surface area contributed by atoms with Crippen LogP contribution in [0.15, 0.2) is 11.8 Å². The number of rotatable bonds is 4. The predicted octanol–water partition coefficient (Wildman–Crippen LogP) is 0.223. The number of carbonyl (C=O) groups excluding carboxylic acids is 1. The maximum absolute atomic E-state index is 11.8. The van der Waals surface area contributed by atoms with Crippen LogP contribution >= 0.6 is 9.03 Å². The SMILES string of the molecule is CC1=CN([C@H]2CC[C@@H](COPO)O2)C(=O)NC1N. The lowest BCUT2D eigenvalue weighted by molar-refractivity contribution is -0.0329. The normalized spacial score (nSPS) is 33.1. The van der Waals surface area contributed by atoms with Crippen LogP contribution in [0.2, 0.25) is 0 Å². The van der Waals surface area contributed by atoms with E-state index in [2.05, 4.69) is 5.32 Å². The summed E-state index contributed by atoms with van der Waals surface area (Å²) in [7, 11) is -0.531. The van der Waals surface area contributed by atoms with Crippen LogP contribution in [0.5, 0.6) is 0 Å². The van der Waals surface area contributed by atoms with Crippen LogP contribution in [0.3, 0.4) is 0 Å². The number of carbonyl (C=O) groups is 1. The molecule has 1 fully saturated rings. The first-order chi connectivity index (χ1) is 8.61. The van der Waals surface area contributed by atoms with Gasteiger partial charge in [0.25, 0.3) is 0 Å². The molecule has 7 nitrogen and oxygen atoms in total. The summed E-state index contributed by atoms with van der Waals surface area (Å²) < 4.78 is 10.6. The Labute approximate surface area is 107 Å². The Morgan fingerprint density at radius 1 is 1.72 bits per heavy atom. The Bertz CT molecular complexity index is 352. The topological polar surface area (TPSA) is 97.0 Å². The molecule has 2 aliphatic heterocycles. The van der Waals surface area contributed by atoms with Gasteiger partial charge in [0.1, 0.15) is 12.4 Å². The van der Waals surface area contributed by atoms with Gasteiger partial charge in [-0.2, -0.15) is 0 Å². The third kappa shape index (κ3) is 2.99. The van der Waals surface area contributed by atoms with E-state index in [-0.39, 0.29) is 18.4 Å². The molecule has 2 unspecified atom stereocenters. The Kier molecular flexibility index (Phi) is 4.53. The maximum atomic E-state index is 11.8. The van der Waals surface area contributed by atoms with Crippen molar-refractivity contribution in [1.82, 2.24) is 10.2 Å². The van der Waals surface area contributed by atoms with Crippen LogP contribution in [-0.4, -0.2) is 40.9 Å². The summed E-state index contributed by atoms with van der Waals surface area (Å²) in [4.78, 5) is 21.9. The highest BCUT2D eigenvalue weighted by Gasteiger charge is 2.34. The first kappa shape index (κ1) is 13.7. The number of amides is 2. The van der Waals surface area contributed by atoms with Gasteiger partial charge in [0.15, 0.2) is 9.03 Å². The molecular formula is C10H18N3O4P. The van der Waals surface area contributed by atoms with Crippen molar-refractivity contribution in [2.45, 2.75) is 38.3 Å². The first-order valence-corrected chi connectivity index (χ1v) is 6.66. The number of hydrogen-bond donors (Lipinski definition) is 3. The monoisotopic (exact) mass is 275 g/mol. The van der Waals surface area contributed by atoms with Crippen molar-refractivity contribution in [1.29, 1.82) is 0 Å². The number of nitrogens with zero attached hydrogens (tertiary/aromatic N) is 1. The predicted molar refractivity (Wildman–Crippen MR) is 66.5 cm³/mol. The van der Waals surface area contributed by atoms with E-state index in [4.69, 9.17) is 19.9 Å². The summed E-state index contributed by atoms with van der Waals surface area (Å²) in [6.07, 6.45) is 2.48. The second kappa shape index (κ2) is 5.95. The fourth-order valence-electron chi connectivity index (χ4n) is 2.04. The molecule has 4 N–H and O–H groups in total. The van der Waals surface area contributed by atoms with E-state index in [9.17, 15) is 4.79 Å². The lowest BCUT2D eigenvalue weighted by atomic mass is 10.2. The van der Waals surface area contributed by atoms with Crippen molar-refractivity contribution < 1.29 is 18.9 Å². The van der Waals surface area contributed by atoms with Crippen LogP contribution in [0.4, 0.5) is 4.79 Å². The number of urea groups is 1. The van der Waals surface area contributed by atoms with Crippen molar-refractivity contribution in [2.24, 2.45) is 5.73 Å². The molecular weight excluding hydrogens is 257 g/mol. The quantitative estimate of drug-likeness (QED) is 0.638. The Hall–Kier alpha value is -0.720. The maximum Gasteiger partial charge on any atom is 0.325 e. The molecule has 1 saturated heterocycles. The van der Waals surface area contributed by atoms with E-state index in [0.717, 1.165) is 18.4 Å². The third-order valence-electron chi connectivity index (χ3n) is 3.08. The van der Waals surface area contributed by atoms with E-state index in [1.807, 2.05) is 6.92 Å². The summed E-state index contributed by atoms with van der Waals surface area (Å²) in [5, 5.41) is 2.66. The molecule has 0 aromatic carbocycles. The fraction of sp³-hybridized carbons (Fsp3) is 0.700. The Morgan fingerprint density at radius 2 is 2.50 bits per heavy atom. The van der Waals surface area contributed by atoms with Gasteiger partial charge < -0.3 is 25.2 Å². The van der Waals surface area contributed by atoms with Crippen molar-refractivity contribution in [3.63, 3.8) is 0 Å². The van der Waals surface area contributed by atoms with Crippen LogP contribution < -0.4 is 11.1 Å². The van der Waals surface area contributed by atoms with Crippen LogP contribution in [0, 0.1) is 0 Å². The van der Waals surface area contributed by atoms with Gasteiger partial charge in [-0.25, -0.2) is 4.79 Å². The molecule has 4 atom stereocenters. The third-order valence-corrected chi connectivity index (χ3v) is 3.37. The molecule has 2 amide bonds. The van der Waals surface area contributed by atoms with Gasteiger partial charge in [-0.1, -0.05) is 0 Å². The molecule has 0 aromatic rings. The molecule has 8 heteroatoms. The highest BCUT2D eigenvalue weighted by atomic mass is 31.1. The number of hydrogen-bond acceptors (Lipinski definition) is 5. The first-order valence-electron chi connectivity index (χ1n) is 5.81. The minimum absolute atomic E-state index is 0.0771. The average molecular weight is 275 g/mol. The minimum Gasteiger partial charge on any atom is -0.352 e. The summed E-state index contributed by atoms with van der Waals surface area (Å²) in [5.41, 5.74) is 6.59. The number of nitrogens with one attached hydrogen (secondary N) is 1. The molecule has 18 heavy (non-hydrogen) atoms. The molecule has 0 saturated carbocycles. The Morgan fingerprint density at radius 3 is 3.22 bits per heavy atom. The average Bonchev–Trinajstić information content (AvgIpc) is 2.79. The van der Waals surface area contributed by atoms with Crippen LogP contribution in [-0.2, 0) is 9.26 Å². The van der Waals surface area contributed by atoms with Crippen molar-refractivity contribution in [2.75, 3.05) is 6.61 Å².